The van der Waals surface area contributed by atoms with E-state index in [1.54, 1.807) is 18.2 Å². The summed E-state index contributed by atoms with van der Waals surface area (Å²) in [6.45, 7) is 0. The van der Waals surface area contributed by atoms with Crippen LogP contribution >= 0.6 is 11.6 Å². The molecule has 1 amide bonds. The van der Waals surface area contributed by atoms with Crippen LogP contribution in [0.4, 0.5) is 18.9 Å². The summed E-state index contributed by atoms with van der Waals surface area (Å²) >= 11 is 6.05. The number of nitrogens with zero attached hydrogens (tertiary/aromatic N) is 2. The summed E-state index contributed by atoms with van der Waals surface area (Å²) in [6, 6.07) is 10.4. The van der Waals surface area contributed by atoms with Crippen LogP contribution in [0.3, 0.4) is 0 Å². The van der Waals surface area contributed by atoms with Crippen molar-refractivity contribution in [3.8, 4) is 17.2 Å². The Balaban J connectivity index is 2.03. The molecule has 0 radical (unpaired) electrons. The van der Waals surface area contributed by atoms with Gasteiger partial charge < -0.3 is 14.8 Å². The van der Waals surface area contributed by atoms with Crippen molar-refractivity contribution >= 4 is 23.2 Å². The molecule has 0 aliphatic carbocycles. The first-order valence-corrected chi connectivity index (χ1v) is 8.57. The molecule has 10 heteroatoms. The largest absolute Gasteiger partial charge is 0.495 e. The maximum Gasteiger partial charge on any atom is 0.434 e. The number of amides is 1. The summed E-state index contributed by atoms with van der Waals surface area (Å²) < 4.78 is 52.1. The number of nitrogens with one attached hydrogen (secondary N) is 1. The Labute approximate surface area is 168 Å². The lowest BCUT2D eigenvalue weighted by Crippen LogP contribution is -2.21. The van der Waals surface area contributed by atoms with Crippen LogP contribution in [-0.4, -0.2) is 29.9 Å². The highest BCUT2D eigenvalue weighted by molar-refractivity contribution is 6.32. The number of methoxy groups -OCH3 is 2. The second kappa shape index (κ2) is 8.04. The number of rotatable bonds is 5. The molecular formula is C19H15ClF3N3O3. The SMILES string of the molecule is COc1cc(OC)c(NC(=O)c2cnn(-c3ccccc3)c2C(F)(F)F)cc1Cl. The highest BCUT2D eigenvalue weighted by Crippen LogP contribution is 2.37. The monoisotopic (exact) mass is 425 g/mol. The van der Waals surface area contributed by atoms with Crippen molar-refractivity contribution in [1.29, 1.82) is 0 Å². The predicted octanol–water partition coefficient (Wildman–Crippen LogP) is 4.81. The predicted molar refractivity (Wildman–Crippen MR) is 101 cm³/mol. The maximum absolute atomic E-state index is 13.7. The van der Waals surface area contributed by atoms with Gasteiger partial charge in [0, 0.05) is 6.07 Å². The van der Waals surface area contributed by atoms with Crippen molar-refractivity contribution in [3.05, 3.63) is 64.9 Å². The van der Waals surface area contributed by atoms with Gasteiger partial charge in [0.15, 0.2) is 5.69 Å². The number of anilines is 1. The molecule has 1 N–H and O–H groups in total. The summed E-state index contributed by atoms with van der Waals surface area (Å²) in [6.07, 6.45) is -3.95. The zero-order valence-electron chi connectivity index (χ0n) is 15.2. The van der Waals surface area contributed by atoms with Gasteiger partial charge in [-0.1, -0.05) is 29.8 Å². The van der Waals surface area contributed by atoms with Gasteiger partial charge in [-0.25, -0.2) is 4.68 Å². The zero-order valence-corrected chi connectivity index (χ0v) is 16.0. The van der Waals surface area contributed by atoms with E-state index >= 15 is 0 Å². The minimum absolute atomic E-state index is 0.0869. The number of benzene rings is 2. The summed E-state index contributed by atoms with van der Waals surface area (Å²) in [7, 11) is 2.74. The van der Waals surface area contributed by atoms with E-state index < -0.39 is 23.3 Å². The third kappa shape index (κ3) is 4.14. The molecule has 29 heavy (non-hydrogen) atoms. The van der Waals surface area contributed by atoms with Gasteiger partial charge in [0.05, 0.1) is 42.4 Å². The van der Waals surface area contributed by atoms with E-state index in [9.17, 15) is 18.0 Å². The second-order valence-electron chi connectivity index (χ2n) is 5.79. The Bertz CT molecular complexity index is 1040. The molecule has 0 unspecified atom stereocenters. The molecule has 1 heterocycles. The normalized spacial score (nSPS) is 11.2. The van der Waals surface area contributed by atoms with Crippen LogP contribution in [0.1, 0.15) is 16.1 Å². The fourth-order valence-corrected chi connectivity index (χ4v) is 2.94. The van der Waals surface area contributed by atoms with Crippen LogP contribution in [0, 0.1) is 0 Å². The first-order valence-electron chi connectivity index (χ1n) is 8.19. The number of alkyl halides is 3. The Kier molecular flexibility index (Phi) is 5.69. The second-order valence-corrected chi connectivity index (χ2v) is 6.20. The molecule has 0 aliphatic heterocycles. The van der Waals surface area contributed by atoms with Crippen LogP contribution in [0.5, 0.6) is 11.5 Å². The molecule has 3 aromatic rings. The van der Waals surface area contributed by atoms with Gasteiger partial charge in [-0.15, -0.1) is 0 Å². The first kappa shape index (κ1) is 20.5. The average molecular weight is 426 g/mol. The summed E-state index contributed by atoms with van der Waals surface area (Å²) in [5.74, 6) is -0.558. The highest BCUT2D eigenvalue weighted by Gasteiger charge is 2.40. The standard InChI is InChI=1S/C19H15ClF3N3O3/c1-28-15-9-16(29-2)14(8-13(15)20)25-18(27)12-10-24-26(17(12)19(21,22)23)11-6-4-3-5-7-11/h3-10H,1-2H3,(H,25,27). The fraction of sp³-hybridized carbons (Fsp3) is 0.158. The van der Waals surface area contributed by atoms with Crippen LogP contribution in [0.15, 0.2) is 48.7 Å². The van der Waals surface area contributed by atoms with E-state index in [0.717, 1.165) is 6.20 Å². The zero-order chi connectivity index (χ0) is 21.2. The Morgan fingerprint density at radius 2 is 1.76 bits per heavy atom. The van der Waals surface area contributed by atoms with Gasteiger partial charge in [-0.2, -0.15) is 18.3 Å². The van der Waals surface area contributed by atoms with Crippen LogP contribution < -0.4 is 14.8 Å². The lowest BCUT2D eigenvalue weighted by molar-refractivity contribution is -0.143. The van der Waals surface area contributed by atoms with Crippen LogP contribution in [0.25, 0.3) is 5.69 Å². The molecule has 3 rings (SSSR count). The molecular weight excluding hydrogens is 411 g/mol. The quantitative estimate of drug-likeness (QED) is 0.637. The molecule has 0 saturated heterocycles. The molecule has 0 atom stereocenters. The van der Waals surface area contributed by atoms with E-state index in [0.29, 0.717) is 4.68 Å². The van der Waals surface area contributed by atoms with Crippen molar-refractivity contribution in [2.75, 3.05) is 19.5 Å². The number of hydrogen-bond donors (Lipinski definition) is 1. The number of aromatic nitrogens is 2. The molecule has 0 aliphatic rings. The van der Waals surface area contributed by atoms with Gasteiger partial charge in [-0.05, 0) is 18.2 Å². The third-order valence-electron chi connectivity index (χ3n) is 4.01. The lowest BCUT2D eigenvalue weighted by Gasteiger charge is -2.15. The van der Waals surface area contributed by atoms with E-state index in [4.69, 9.17) is 21.1 Å². The summed E-state index contributed by atoms with van der Waals surface area (Å²) in [5.41, 5.74) is -1.58. The van der Waals surface area contributed by atoms with Gasteiger partial charge in [0.2, 0.25) is 0 Å². The fourth-order valence-electron chi connectivity index (χ4n) is 2.70. The highest BCUT2D eigenvalue weighted by atomic mass is 35.5. The first-order chi connectivity index (χ1) is 13.8. The summed E-state index contributed by atoms with van der Waals surface area (Å²) in [4.78, 5) is 12.7. The van der Waals surface area contributed by atoms with Gasteiger partial charge >= 0.3 is 6.18 Å². The van der Waals surface area contributed by atoms with E-state index in [-0.39, 0.29) is 27.9 Å². The number of para-hydroxylation sites is 1. The number of hydrogen-bond acceptors (Lipinski definition) is 4. The number of halogens is 4. The molecule has 0 fully saturated rings. The summed E-state index contributed by atoms with van der Waals surface area (Å²) in [5, 5.41) is 6.30. The Morgan fingerprint density at radius 1 is 1.10 bits per heavy atom. The van der Waals surface area contributed by atoms with Crippen LogP contribution in [0.2, 0.25) is 5.02 Å². The van der Waals surface area contributed by atoms with Gasteiger partial charge in [0.1, 0.15) is 11.5 Å². The molecule has 1 aromatic heterocycles. The van der Waals surface area contributed by atoms with Crippen molar-refractivity contribution in [2.45, 2.75) is 6.18 Å². The van der Waals surface area contributed by atoms with Crippen molar-refractivity contribution in [3.63, 3.8) is 0 Å². The van der Waals surface area contributed by atoms with Crippen LogP contribution in [-0.2, 0) is 6.18 Å². The number of carbonyl (C=O) groups is 1. The molecule has 0 bridgehead atoms. The van der Waals surface area contributed by atoms with E-state index in [1.807, 2.05) is 0 Å². The lowest BCUT2D eigenvalue weighted by atomic mass is 10.2. The Hall–Kier alpha value is -3.20. The smallest absolute Gasteiger partial charge is 0.434 e. The van der Waals surface area contributed by atoms with Gasteiger partial charge in [-0.3, -0.25) is 4.79 Å². The molecule has 2 aromatic carbocycles. The topological polar surface area (TPSA) is 65.4 Å². The van der Waals surface area contributed by atoms with Crippen molar-refractivity contribution in [1.82, 2.24) is 9.78 Å². The number of carbonyl (C=O) groups excluding carboxylic acids is 1. The van der Waals surface area contributed by atoms with Gasteiger partial charge in [0.25, 0.3) is 5.91 Å². The molecule has 6 nitrogen and oxygen atoms in total. The third-order valence-corrected chi connectivity index (χ3v) is 4.30. The van der Waals surface area contributed by atoms with E-state index in [1.165, 1.54) is 38.5 Å². The number of ether oxygens (including phenoxy) is 2. The van der Waals surface area contributed by atoms with Crippen molar-refractivity contribution < 1.29 is 27.4 Å². The minimum atomic E-state index is -4.82. The average Bonchev–Trinajstić information content (AvgIpc) is 3.15. The Morgan fingerprint density at radius 3 is 2.34 bits per heavy atom. The molecule has 0 saturated carbocycles. The minimum Gasteiger partial charge on any atom is -0.495 e. The molecule has 152 valence electrons. The van der Waals surface area contributed by atoms with Crippen molar-refractivity contribution in [2.24, 2.45) is 0 Å². The molecule has 0 spiro atoms. The maximum atomic E-state index is 13.7. The van der Waals surface area contributed by atoms with E-state index in [2.05, 4.69) is 10.4 Å².